The number of nitrogens with zero attached hydrogens (tertiary/aromatic N) is 2. The van der Waals surface area contributed by atoms with Crippen molar-refractivity contribution in [3.05, 3.63) is 24.5 Å². The summed E-state index contributed by atoms with van der Waals surface area (Å²) in [6.45, 7) is 6.15. The Bertz CT molecular complexity index is 305. The molecule has 15 heavy (non-hydrogen) atoms. The van der Waals surface area contributed by atoms with E-state index < -0.39 is 0 Å². The van der Waals surface area contributed by atoms with Gasteiger partial charge in [-0.05, 0) is 6.42 Å². The maximum atomic E-state index is 5.41. The molecule has 1 aromatic heterocycles. The van der Waals surface area contributed by atoms with E-state index in [0.29, 0.717) is 24.1 Å². The van der Waals surface area contributed by atoms with Gasteiger partial charge in [-0.25, -0.2) is 10.8 Å². The van der Waals surface area contributed by atoms with Crippen molar-refractivity contribution in [2.45, 2.75) is 19.8 Å². The third-order valence-electron chi connectivity index (χ3n) is 1.78. The Hall–Kier alpha value is -1.62. The van der Waals surface area contributed by atoms with E-state index in [-0.39, 0.29) is 0 Å². The molecule has 5 nitrogen and oxygen atoms in total. The number of hydrazine groups is 1. The number of rotatable bonds is 6. The van der Waals surface area contributed by atoms with Crippen LogP contribution in [-0.2, 0) is 6.42 Å². The summed E-state index contributed by atoms with van der Waals surface area (Å²) < 4.78 is 5.41. The van der Waals surface area contributed by atoms with Crippen molar-refractivity contribution in [2.24, 2.45) is 5.84 Å². The minimum Gasteiger partial charge on any atom is -0.477 e. The predicted molar refractivity (Wildman–Crippen MR) is 59.5 cm³/mol. The SMILES string of the molecule is C=CCCOc1cc(NN)nc(CC)n1. The first-order chi connectivity index (χ1) is 7.30. The van der Waals surface area contributed by atoms with Gasteiger partial charge in [0.2, 0.25) is 5.88 Å². The molecule has 0 bridgehead atoms. The molecule has 1 rings (SSSR count). The average molecular weight is 208 g/mol. The Morgan fingerprint density at radius 1 is 1.60 bits per heavy atom. The molecule has 0 fully saturated rings. The van der Waals surface area contributed by atoms with Crippen molar-refractivity contribution >= 4 is 5.82 Å². The number of aromatic nitrogens is 2. The van der Waals surface area contributed by atoms with Gasteiger partial charge in [0.25, 0.3) is 0 Å². The lowest BCUT2D eigenvalue weighted by atomic mass is 10.4. The molecular weight excluding hydrogens is 192 g/mol. The number of hydrogen-bond acceptors (Lipinski definition) is 5. The Kier molecular flexibility index (Phi) is 4.56. The van der Waals surface area contributed by atoms with Crippen LogP contribution >= 0.6 is 0 Å². The molecule has 1 aromatic rings. The van der Waals surface area contributed by atoms with Gasteiger partial charge < -0.3 is 10.2 Å². The number of nitrogens with one attached hydrogen (secondary N) is 1. The summed E-state index contributed by atoms with van der Waals surface area (Å²) in [7, 11) is 0. The van der Waals surface area contributed by atoms with Crippen LogP contribution in [0.15, 0.2) is 18.7 Å². The molecule has 0 aromatic carbocycles. The molecule has 0 aliphatic rings. The second kappa shape index (κ2) is 5.98. The Labute approximate surface area is 89.3 Å². The first-order valence-corrected chi connectivity index (χ1v) is 4.88. The van der Waals surface area contributed by atoms with Crippen molar-refractivity contribution in [2.75, 3.05) is 12.0 Å². The quantitative estimate of drug-likeness (QED) is 0.319. The van der Waals surface area contributed by atoms with E-state index in [0.717, 1.165) is 12.8 Å². The van der Waals surface area contributed by atoms with Crippen LogP contribution in [0.1, 0.15) is 19.2 Å². The summed E-state index contributed by atoms with van der Waals surface area (Å²) in [6.07, 6.45) is 3.33. The topological polar surface area (TPSA) is 73.1 Å². The lowest BCUT2D eigenvalue weighted by molar-refractivity contribution is 0.311. The highest BCUT2D eigenvalue weighted by atomic mass is 16.5. The molecule has 0 unspecified atom stereocenters. The molecule has 5 heteroatoms. The van der Waals surface area contributed by atoms with E-state index >= 15 is 0 Å². The number of anilines is 1. The number of nitrogen functional groups attached to an aromatic ring is 1. The fourth-order valence-corrected chi connectivity index (χ4v) is 1.03. The summed E-state index contributed by atoms with van der Waals surface area (Å²) in [5.74, 6) is 7.10. The van der Waals surface area contributed by atoms with Crippen LogP contribution in [0.4, 0.5) is 5.82 Å². The maximum Gasteiger partial charge on any atom is 0.218 e. The van der Waals surface area contributed by atoms with E-state index in [1.165, 1.54) is 0 Å². The smallest absolute Gasteiger partial charge is 0.218 e. The van der Waals surface area contributed by atoms with Gasteiger partial charge in [0, 0.05) is 12.5 Å². The summed E-state index contributed by atoms with van der Waals surface area (Å²) in [4.78, 5) is 8.36. The van der Waals surface area contributed by atoms with Gasteiger partial charge in [-0.15, -0.1) is 6.58 Å². The molecule has 1 heterocycles. The lowest BCUT2D eigenvalue weighted by Crippen LogP contribution is -2.11. The van der Waals surface area contributed by atoms with Crippen LogP contribution in [0.2, 0.25) is 0 Å². The van der Waals surface area contributed by atoms with Crippen molar-refractivity contribution < 1.29 is 4.74 Å². The summed E-state index contributed by atoms with van der Waals surface area (Å²) >= 11 is 0. The monoisotopic (exact) mass is 208 g/mol. The zero-order valence-electron chi connectivity index (χ0n) is 8.86. The summed E-state index contributed by atoms with van der Waals surface area (Å²) in [5.41, 5.74) is 2.48. The van der Waals surface area contributed by atoms with Gasteiger partial charge in [-0.1, -0.05) is 13.0 Å². The first kappa shape index (κ1) is 11.5. The maximum absolute atomic E-state index is 5.41. The van der Waals surface area contributed by atoms with Gasteiger partial charge >= 0.3 is 0 Å². The highest BCUT2D eigenvalue weighted by Gasteiger charge is 2.02. The van der Waals surface area contributed by atoms with Gasteiger partial charge in [0.05, 0.1) is 6.61 Å². The largest absolute Gasteiger partial charge is 0.477 e. The van der Waals surface area contributed by atoms with Crippen LogP contribution < -0.4 is 16.0 Å². The van der Waals surface area contributed by atoms with Crippen molar-refractivity contribution in [3.8, 4) is 5.88 Å². The third kappa shape index (κ3) is 3.55. The predicted octanol–water partition coefficient (Wildman–Crippen LogP) is 1.28. The fraction of sp³-hybridized carbons (Fsp3) is 0.400. The summed E-state index contributed by atoms with van der Waals surface area (Å²) in [5, 5.41) is 0. The normalized spacial score (nSPS) is 9.73. The number of hydrogen-bond donors (Lipinski definition) is 2. The molecule has 0 atom stereocenters. The molecule has 0 spiro atoms. The molecular formula is C10H16N4O. The first-order valence-electron chi connectivity index (χ1n) is 4.88. The van der Waals surface area contributed by atoms with Gasteiger partial charge in [-0.2, -0.15) is 4.98 Å². The highest BCUT2D eigenvalue weighted by molar-refractivity contribution is 5.36. The van der Waals surface area contributed by atoms with Gasteiger partial charge in [-0.3, -0.25) is 0 Å². The van der Waals surface area contributed by atoms with E-state index in [4.69, 9.17) is 10.6 Å². The molecule has 82 valence electrons. The van der Waals surface area contributed by atoms with E-state index in [2.05, 4.69) is 22.0 Å². The Morgan fingerprint density at radius 2 is 2.40 bits per heavy atom. The molecule has 0 aliphatic heterocycles. The van der Waals surface area contributed by atoms with E-state index in [1.54, 1.807) is 12.1 Å². The number of aryl methyl sites for hydroxylation is 1. The molecule has 0 radical (unpaired) electrons. The average Bonchev–Trinajstić information content (AvgIpc) is 2.29. The van der Waals surface area contributed by atoms with Gasteiger partial charge in [0.15, 0.2) is 0 Å². The Morgan fingerprint density at radius 3 is 3.00 bits per heavy atom. The van der Waals surface area contributed by atoms with Gasteiger partial charge in [0.1, 0.15) is 11.6 Å². The standard InChI is InChI=1S/C10H16N4O/c1-3-5-6-15-10-7-9(14-11)12-8(4-2)13-10/h3,7H,1,4-6,11H2,2H3,(H,12,13,14). The minimum absolute atomic E-state index is 0.539. The molecule has 0 amide bonds. The van der Waals surface area contributed by atoms with E-state index in [1.807, 2.05) is 6.92 Å². The second-order valence-electron chi connectivity index (χ2n) is 2.93. The van der Waals surface area contributed by atoms with Crippen LogP contribution in [0.5, 0.6) is 5.88 Å². The minimum atomic E-state index is 0.539. The molecule has 0 saturated carbocycles. The third-order valence-corrected chi connectivity index (χ3v) is 1.78. The summed E-state index contributed by atoms with van der Waals surface area (Å²) in [6, 6.07) is 1.67. The van der Waals surface area contributed by atoms with Crippen LogP contribution in [0, 0.1) is 0 Å². The van der Waals surface area contributed by atoms with Crippen molar-refractivity contribution in [3.63, 3.8) is 0 Å². The number of ether oxygens (including phenoxy) is 1. The zero-order chi connectivity index (χ0) is 11.1. The fourth-order valence-electron chi connectivity index (χ4n) is 1.03. The lowest BCUT2D eigenvalue weighted by Gasteiger charge is -2.07. The van der Waals surface area contributed by atoms with Crippen LogP contribution in [0.3, 0.4) is 0 Å². The molecule has 3 N–H and O–H groups in total. The van der Waals surface area contributed by atoms with Crippen LogP contribution in [-0.4, -0.2) is 16.6 Å². The second-order valence-corrected chi connectivity index (χ2v) is 2.93. The highest BCUT2D eigenvalue weighted by Crippen LogP contribution is 2.13. The number of nitrogens with two attached hydrogens (primary N) is 1. The Balaban J connectivity index is 2.72. The molecule has 0 saturated heterocycles. The van der Waals surface area contributed by atoms with E-state index in [9.17, 15) is 0 Å². The molecule has 0 aliphatic carbocycles. The zero-order valence-corrected chi connectivity index (χ0v) is 8.86. The van der Waals surface area contributed by atoms with Crippen molar-refractivity contribution in [1.29, 1.82) is 0 Å². The van der Waals surface area contributed by atoms with Crippen molar-refractivity contribution in [1.82, 2.24) is 9.97 Å². The van der Waals surface area contributed by atoms with Crippen LogP contribution in [0.25, 0.3) is 0 Å².